The summed E-state index contributed by atoms with van der Waals surface area (Å²) in [5, 5.41) is 4.48. The molecule has 8 heteroatoms. The van der Waals surface area contributed by atoms with Crippen LogP contribution in [0.25, 0.3) is 10.8 Å². The number of thiocarbonyl (C=S) groups is 1. The number of hydrogen-bond donors (Lipinski definition) is 3. The number of carbonyl (C=O) groups excluding carboxylic acids is 2. The minimum atomic E-state index is -0.452. The molecular formula is C23H23N3O4S. The highest BCUT2D eigenvalue weighted by molar-refractivity contribution is 7.80. The van der Waals surface area contributed by atoms with E-state index in [0.717, 1.165) is 17.2 Å². The van der Waals surface area contributed by atoms with Crippen LogP contribution in [0.4, 0.5) is 0 Å². The number of hydrazine groups is 1. The summed E-state index contributed by atoms with van der Waals surface area (Å²) in [5.41, 5.74) is 6.00. The van der Waals surface area contributed by atoms with Gasteiger partial charge < -0.3 is 9.47 Å². The lowest BCUT2D eigenvalue weighted by atomic mass is 10.1. The van der Waals surface area contributed by atoms with E-state index < -0.39 is 11.8 Å². The van der Waals surface area contributed by atoms with E-state index in [9.17, 15) is 9.59 Å². The minimum Gasteiger partial charge on any atom is -0.484 e. The van der Waals surface area contributed by atoms with Gasteiger partial charge in [0.25, 0.3) is 11.8 Å². The first kappa shape index (κ1) is 22.0. The van der Waals surface area contributed by atoms with Crippen LogP contribution in [0.2, 0.25) is 0 Å². The maximum absolute atomic E-state index is 12.0. The lowest BCUT2D eigenvalue weighted by Gasteiger charge is -2.12. The molecule has 0 radical (unpaired) electrons. The van der Waals surface area contributed by atoms with E-state index in [0.29, 0.717) is 11.5 Å². The molecule has 0 saturated heterocycles. The van der Waals surface area contributed by atoms with Crippen LogP contribution in [0, 0.1) is 0 Å². The van der Waals surface area contributed by atoms with E-state index in [4.69, 9.17) is 21.7 Å². The Labute approximate surface area is 185 Å². The van der Waals surface area contributed by atoms with E-state index in [1.807, 2.05) is 48.5 Å². The van der Waals surface area contributed by atoms with Gasteiger partial charge in [-0.15, -0.1) is 0 Å². The maximum atomic E-state index is 12.0. The number of fused-ring (bicyclic) bond motifs is 1. The monoisotopic (exact) mass is 437 g/mol. The van der Waals surface area contributed by atoms with E-state index in [-0.39, 0.29) is 18.3 Å². The van der Waals surface area contributed by atoms with Crippen molar-refractivity contribution in [2.45, 2.75) is 13.3 Å². The molecule has 0 aliphatic rings. The first-order valence-corrected chi connectivity index (χ1v) is 10.2. The molecular weight excluding hydrogens is 414 g/mol. The van der Waals surface area contributed by atoms with Gasteiger partial charge >= 0.3 is 0 Å². The van der Waals surface area contributed by atoms with Crippen molar-refractivity contribution >= 4 is 39.9 Å². The van der Waals surface area contributed by atoms with Gasteiger partial charge in [0.1, 0.15) is 11.5 Å². The van der Waals surface area contributed by atoms with E-state index in [1.165, 1.54) is 5.56 Å². The summed E-state index contributed by atoms with van der Waals surface area (Å²) >= 11 is 4.99. The molecule has 0 aliphatic carbocycles. The molecule has 3 aromatic carbocycles. The molecule has 0 aliphatic heterocycles. The van der Waals surface area contributed by atoms with Gasteiger partial charge in [0.15, 0.2) is 18.3 Å². The Balaban J connectivity index is 1.35. The SMILES string of the molecule is CCc1ccc(OCC(=O)NNC(=S)NC(=O)COc2ccc3ccccc3c2)cc1. The Hall–Kier alpha value is -3.65. The Morgan fingerprint density at radius 2 is 1.45 bits per heavy atom. The molecule has 3 N–H and O–H groups in total. The molecule has 0 aromatic heterocycles. The highest BCUT2D eigenvalue weighted by Gasteiger charge is 2.08. The second kappa shape index (κ2) is 10.9. The summed E-state index contributed by atoms with van der Waals surface area (Å²) in [7, 11) is 0. The fourth-order valence-corrected chi connectivity index (χ4v) is 2.90. The van der Waals surface area contributed by atoms with Gasteiger partial charge in [-0.2, -0.15) is 0 Å². The van der Waals surface area contributed by atoms with Crippen LogP contribution in [0.1, 0.15) is 12.5 Å². The third-order valence-corrected chi connectivity index (χ3v) is 4.56. The van der Waals surface area contributed by atoms with Gasteiger partial charge in [-0.25, -0.2) is 0 Å². The zero-order valence-corrected chi connectivity index (χ0v) is 17.8. The largest absolute Gasteiger partial charge is 0.484 e. The summed E-state index contributed by atoms with van der Waals surface area (Å²) < 4.78 is 10.9. The van der Waals surface area contributed by atoms with Crippen LogP contribution < -0.4 is 25.6 Å². The lowest BCUT2D eigenvalue weighted by molar-refractivity contribution is -0.124. The molecule has 0 heterocycles. The van der Waals surface area contributed by atoms with Gasteiger partial charge in [-0.3, -0.25) is 25.8 Å². The molecule has 31 heavy (non-hydrogen) atoms. The third-order valence-electron chi connectivity index (χ3n) is 4.36. The minimum absolute atomic E-state index is 0.0484. The van der Waals surface area contributed by atoms with Crippen molar-refractivity contribution in [2.75, 3.05) is 13.2 Å². The fourth-order valence-electron chi connectivity index (χ4n) is 2.73. The van der Waals surface area contributed by atoms with Crippen LogP contribution in [-0.2, 0) is 16.0 Å². The van der Waals surface area contributed by atoms with Crippen molar-refractivity contribution in [3.05, 3.63) is 72.3 Å². The lowest BCUT2D eigenvalue weighted by Crippen LogP contribution is -2.50. The van der Waals surface area contributed by atoms with Gasteiger partial charge in [-0.05, 0) is 59.2 Å². The number of hydrogen-bond acceptors (Lipinski definition) is 5. The molecule has 0 atom stereocenters. The standard InChI is InChI=1S/C23H23N3O4S/c1-2-16-7-10-19(11-8-16)29-15-22(28)25-26-23(31)24-21(27)14-30-20-12-9-17-5-3-4-6-18(17)13-20/h3-13H,2,14-15H2,1H3,(H,25,28)(H2,24,26,27,31). The second-order valence-electron chi connectivity index (χ2n) is 6.63. The van der Waals surface area contributed by atoms with Gasteiger partial charge in [-0.1, -0.05) is 49.4 Å². The predicted octanol–water partition coefficient (Wildman–Crippen LogP) is 2.88. The number of benzene rings is 3. The van der Waals surface area contributed by atoms with E-state index >= 15 is 0 Å². The maximum Gasteiger partial charge on any atom is 0.276 e. The van der Waals surface area contributed by atoms with Gasteiger partial charge in [0.2, 0.25) is 0 Å². The first-order valence-electron chi connectivity index (χ1n) is 9.75. The number of aryl methyl sites for hydroxylation is 1. The third kappa shape index (κ3) is 6.97. The Morgan fingerprint density at radius 3 is 2.19 bits per heavy atom. The van der Waals surface area contributed by atoms with Gasteiger partial charge in [0, 0.05) is 0 Å². The van der Waals surface area contributed by atoms with Crippen molar-refractivity contribution in [3.63, 3.8) is 0 Å². The zero-order valence-electron chi connectivity index (χ0n) is 17.0. The zero-order chi connectivity index (χ0) is 22.1. The number of amides is 2. The average Bonchev–Trinajstić information content (AvgIpc) is 2.80. The van der Waals surface area contributed by atoms with Crippen LogP contribution in [0.3, 0.4) is 0 Å². The van der Waals surface area contributed by atoms with Crippen molar-refractivity contribution < 1.29 is 19.1 Å². The van der Waals surface area contributed by atoms with Crippen molar-refractivity contribution in [1.29, 1.82) is 0 Å². The summed E-state index contributed by atoms with van der Waals surface area (Å²) in [6, 6.07) is 20.9. The molecule has 0 unspecified atom stereocenters. The molecule has 2 amide bonds. The van der Waals surface area contributed by atoms with Crippen molar-refractivity contribution in [2.24, 2.45) is 0 Å². The summed E-state index contributed by atoms with van der Waals surface area (Å²) in [5.74, 6) is 0.273. The summed E-state index contributed by atoms with van der Waals surface area (Å²) in [6.45, 7) is 1.65. The number of rotatable bonds is 7. The number of nitrogens with one attached hydrogen (secondary N) is 3. The highest BCUT2D eigenvalue weighted by Crippen LogP contribution is 2.20. The molecule has 0 bridgehead atoms. The molecule has 160 valence electrons. The first-order chi connectivity index (χ1) is 15.0. The smallest absolute Gasteiger partial charge is 0.276 e. The molecule has 0 fully saturated rings. The fraction of sp³-hybridized carbons (Fsp3) is 0.174. The molecule has 0 spiro atoms. The summed E-state index contributed by atoms with van der Waals surface area (Å²) in [6.07, 6.45) is 0.932. The van der Waals surface area contributed by atoms with Crippen LogP contribution >= 0.6 is 12.2 Å². The second-order valence-corrected chi connectivity index (χ2v) is 7.04. The number of ether oxygens (including phenoxy) is 2. The van der Waals surface area contributed by atoms with Crippen molar-refractivity contribution in [1.82, 2.24) is 16.2 Å². The highest BCUT2D eigenvalue weighted by atomic mass is 32.1. The topological polar surface area (TPSA) is 88.7 Å². The molecule has 3 aromatic rings. The van der Waals surface area contributed by atoms with E-state index in [2.05, 4.69) is 23.1 Å². The average molecular weight is 438 g/mol. The van der Waals surface area contributed by atoms with Crippen LogP contribution in [0.5, 0.6) is 11.5 Å². The normalized spacial score (nSPS) is 10.2. The van der Waals surface area contributed by atoms with E-state index in [1.54, 1.807) is 18.2 Å². The predicted molar refractivity (Wildman–Crippen MR) is 123 cm³/mol. The van der Waals surface area contributed by atoms with Crippen molar-refractivity contribution in [3.8, 4) is 11.5 Å². The Kier molecular flexibility index (Phi) is 7.78. The van der Waals surface area contributed by atoms with Crippen LogP contribution in [0.15, 0.2) is 66.7 Å². The molecule has 0 saturated carbocycles. The molecule has 7 nitrogen and oxygen atoms in total. The number of carbonyl (C=O) groups is 2. The Morgan fingerprint density at radius 1 is 0.806 bits per heavy atom. The quantitative estimate of drug-likeness (QED) is 0.389. The molecule has 3 rings (SSSR count). The van der Waals surface area contributed by atoms with Gasteiger partial charge in [0.05, 0.1) is 0 Å². The Bertz CT molecular complexity index is 1070. The van der Waals surface area contributed by atoms with Crippen LogP contribution in [-0.4, -0.2) is 30.1 Å². The summed E-state index contributed by atoms with van der Waals surface area (Å²) in [4.78, 5) is 23.8.